The second-order valence-corrected chi connectivity index (χ2v) is 6.01. The zero-order valence-electron chi connectivity index (χ0n) is 14.1. The Labute approximate surface area is 141 Å². The number of carbonyl (C=O) groups is 1. The predicted octanol–water partition coefficient (Wildman–Crippen LogP) is 3.23. The molecule has 0 atom stereocenters. The number of primary amides is 1. The standard InChI is InChI=1S/C19H22N4O/c1-3-14-7-4-5-8-15(14)16-11-13(2)19-17(22-16)12-21-23(19)10-6-9-18(20)24/h4-5,7-8,11-12H,3,6,9-10H2,1-2H3,(H2,20,24). The second kappa shape index (κ2) is 6.83. The summed E-state index contributed by atoms with van der Waals surface area (Å²) in [5, 5.41) is 4.43. The third kappa shape index (κ3) is 3.15. The van der Waals surface area contributed by atoms with Gasteiger partial charge in [-0.25, -0.2) is 4.98 Å². The minimum Gasteiger partial charge on any atom is -0.370 e. The van der Waals surface area contributed by atoms with Crippen molar-refractivity contribution >= 4 is 16.9 Å². The Morgan fingerprint density at radius 2 is 2.08 bits per heavy atom. The van der Waals surface area contributed by atoms with E-state index in [0.717, 1.165) is 28.7 Å². The fraction of sp³-hybridized carbons (Fsp3) is 0.316. The Morgan fingerprint density at radius 1 is 1.29 bits per heavy atom. The molecule has 1 amide bonds. The molecule has 2 N–H and O–H groups in total. The van der Waals surface area contributed by atoms with Gasteiger partial charge in [-0.05, 0) is 37.0 Å². The highest BCUT2D eigenvalue weighted by Crippen LogP contribution is 2.27. The molecule has 5 heteroatoms. The SMILES string of the molecule is CCc1ccccc1-c1cc(C)c2c(cnn2CCCC(N)=O)n1. The third-order valence-electron chi connectivity index (χ3n) is 4.26. The van der Waals surface area contributed by atoms with Crippen LogP contribution in [0, 0.1) is 6.92 Å². The molecule has 0 unspecified atom stereocenters. The highest BCUT2D eigenvalue weighted by molar-refractivity contribution is 5.82. The van der Waals surface area contributed by atoms with E-state index in [0.29, 0.717) is 19.4 Å². The molecule has 0 aliphatic rings. The zero-order chi connectivity index (χ0) is 17.1. The number of rotatable bonds is 6. The Balaban J connectivity index is 1.98. The van der Waals surface area contributed by atoms with E-state index in [1.165, 1.54) is 11.1 Å². The quantitative estimate of drug-likeness (QED) is 0.757. The topological polar surface area (TPSA) is 73.8 Å². The molecule has 24 heavy (non-hydrogen) atoms. The van der Waals surface area contributed by atoms with Gasteiger partial charge in [-0.2, -0.15) is 5.10 Å². The summed E-state index contributed by atoms with van der Waals surface area (Å²) in [4.78, 5) is 15.7. The van der Waals surface area contributed by atoms with Crippen molar-refractivity contribution in [3.63, 3.8) is 0 Å². The first-order chi connectivity index (χ1) is 11.6. The average molecular weight is 322 g/mol. The van der Waals surface area contributed by atoms with Crippen molar-refractivity contribution in [1.29, 1.82) is 0 Å². The number of hydrogen-bond acceptors (Lipinski definition) is 3. The summed E-state index contributed by atoms with van der Waals surface area (Å²) in [5.74, 6) is -0.278. The predicted molar refractivity (Wildman–Crippen MR) is 95.5 cm³/mol. The Hall–Kier alpha value is -2.69. The molecule has 0 saturated carbocycles. The molecule has 0 fully saturated rings. The number of aromatic nitrogens is 3. The molecule has 3 aromatic rings. The number of benzene rings is 1. The number of fused-ring (bicyclic) bond motifs is 1. The molecular weight excluding hydrogens is 300 g/mol. The van der Waals surface area contributed by atoms with Crippen LogP contribution in [0.4, 0.5) is 0 Å². The van der Waals surface area contributed by atoms with E-state index in [2.05, 4.69) is 43.2 Å². The van der Waals surface area contributed by atoms with Crippen molar-refractivity contribution < 1.29 is 4.79 Å². The number of carbonyl (C=O) groups excluding carboxylic acids is 1. The van der Waals surface area contributed by atoms with Crippen molar-refractivity contribution in [1.82, 2.24) is 14.8 Å². The highest BCUT2D eigenvalue weighted by Gasteiger charge is 2.12. The number of pyridine rings is 1. The lowest BCUT2D eigenvalue weighted by molar-refractivity contribution is -0.118. The number of aryl methyl sites for hydroxylation is 3. The van der Waals surface area contributed by atoms with Gasteiger partial charge in [0, 0.05) is 18.5 Å². The lowest BCUT2D eigenvalue weighted by atomic mass is 10.0. The number of hydrogen-bond donors (Lipinski definition) is 1. The van der Waals surface area contributed by atoms with Crippen LogP contribution < -0.4 is 5.73 Å². The molecule has 3 rings (SSSR count). The van der Waals surface area contributed by atoms with Gasteiger partial charge in [-0.3, -0.25) is 9.48 Å². The summed E-state index contributed by atoms with van der Waals surface area (Å²) < 4.78 is 1.91. The lowest BCUT2D eigenvalue weighted by Crippen LogP contribution is -2.12. The van der Waals surface area contributed by atoms with E-state index in [4.69, 9.17) is 10.7 Å². The van der Waals surface area contributed by atoms with Crippen LogP contribution >= 0.6 is 0 Å². The molecule has 5 nitrogen and oxygen atoms in total. The van der Waals surface area contributed by atoms with Crippen LogP contribution in [0.15, 0.2) is 36.5 Å². The third-order valence-corrected chi connectivity index (χ3v) is 4.26. The highest BCUT2D eigenvalue weighted by atomic mass is 16.1. The number of nitrogens with zero attached hydrogens (tertiary/aromatic N) is 3. The van der Waals surface area contributed by atoms with Crippen LogP contribution in [0.3, 0.4) is 0 Å². The summed E-state index contributed by atoms with van der Waals surface area (Å²) in [6.07, 6.45) is 3.83. The first-order valence-corrected chi connectivity index (χ1v) is 8.30. The molecule has 0 saturated heterocycles. The van der Waals surface area contributed by atoms with Gasteiger partial charge in [0.1, 0.15) is 5.52 Å². The van der Waals surface area contributed by atoms with E-state index in [-0.39, 0.29) is 5.91 Å². The Morgan fingerprint density at radius 3 is 2.83 bits per heavy atom. The van der Waals surface area contributed by atoms with Crippen LogP contribution in [0.2, 0.25) is 0 Å². The van der Waals surface area contributed by atoms with Crippen molar-refractivity contribution in [3.8, 4) is 11.3 Å². The minimum atomic E-state index is -0.278. The van der Waals surface area contributed by atoms with Gasteiger partial charge < -0.3 is 5.73 Å². The van der Waals surface area contributed by atoms with Gasteiger partial charge >= 0.3 is 0 Å². The Kier molecular flexibility index (Phi) is 4.60. The van der Waals surface area contributed by atoms with Crippen molar-refractivity contribution in [3.05, 3.63) is 47.7 Å². The molecule has 1 aromatic carbocycles. The maximum atomic E-state index is 10.9. The first kappa shape index (κ1) is 16.2. The van der Waals surface area contributed by atoms with Gasteiger partial charge in [0.25, 0.3) is 0 Å². The van der Waals surface area contributed by atoms with Crippen molar-refractivity contribution in [2.75, 3.05) is 0 Å². The summed E-state index contributed by atoms with van der Waals surface area (Å²) in [6.45, 7) is 4.90. The monoisotopic (exact) mass is 322 g/mol. The smallest absolute Gasteiger partial charge is 0.217 e. The largest absolute Gasteiger partial charge is 0.370 e. The van der Waals surface area contributed by atoms with Crippen LogP contribution in [-0.2, 0) is 17.8 Å². The lowest BCUT2D eigenvalue weighted by Gasteiger charge is -2.10. The second-order valence-electron chi connectivity index (χ2n) is 6.01. The maximum Gasteiger partial charge on any atom is 0.217 e. The summed E-state index contributed by atoms with van der Waals surface area (Å²) >= 11 is 0. The molecule has 0 radical (unpaired) electrons. The van der Waals surface area contributed by atoms with Crippen LogP contribution in [0.1, 0.15) is 30.9 Å². The summed E-state index contributed by atoms with van der Waals surface area (Å²) in [6, 6.07) is 10.5. The number of nitrogens with two attached hydrogens (primary N) is 1. The molecule has 0 spiro atoms. The number of amides is 1. The van der Waals surface area contributed by atoms with E-state index in [1.54, 1.807) is 6.20 Å². The summed E-state index contributed by atoms with van der Waals surface area (Å²) in [7, 11) is 0. The molecule has 0 aliphatic carbocycles. The normalized spacial score (nSPS) is 11.1. The van der Waals surface area contributed by atoms with Crippen LogP contribution in [0.25, 0.3) is 22.3 Å². The molecule has 2 heterocycles. The minimum absolute atomic E-state index is 0.278. The van der Waals surface area contributed by atoms with Gasteiger partial charge in [0.15, 0.2) is 0 Å². The van der Waals surface area contributed by atoms with Crippen LogP contribution in [-0.4, -0.2) is 20.7 Å². The zero-order valence-corrected chi connectivity index (χ0v) is 14.1. The fourth-order valence-corrected chi connectivity index (χ4v) is 3.09. The fourth-order valence-electron chi connectivity index (χ4n) is 3.09. The van der Waals surface area contributed by atoms with Crippen molar-refractivity contribution in [2.45, 2.75) is 39.7 Å². The van der Waals surface area contributed by atoms with E-state index < -0.39 is 0 Å². The molecule has 0 bridgehead atoms. The molecular formula is C19H22N4O. The van der Waals surface area contributed by atoms with Crippen LogP contribution in [0.5, 0.6) is 0 Å². The van der Waals surface area contributed by atoms with Gasteiger partial charge in [0.05, 0.1) is 17.4 Å². The summed E-state index contributed by atoms with van der Waals surface area (Å²) in [5.41, 5.74) is 11.7. The van der Waals surface area contributed by atoms with Gasteiger partial charge in [-0.15, -0.1) is 0 Å². The molecule has 2 aromatic heterocycles. The first-order valence-electron chi connectivity index (χ1n) is 8.30. The van der Waals surface area contributed by atoms with Crippen molar-refractivity contribution in [2.24, 2.45) is 5.73 Å². The van der Waals surface area contributed by atoms with E-state index in [1.807, 2.05) is 10.7 Å². The molecule has 0 aliphatic heterocycles. The van der Waals surface area contributed by atoms with Gasteiger partial charge in [-0.1, -0.05) is 31.2 Å². The van der Waals surface area contributed by atoms with E-state index >= 15 is 0 Å². The average Bonchev–Trinajstić information content (AvgIpc) is 2.98. The molecule has 124 valence electrons. The Bertz CT molecular complexity index is 882. The van der Waals surface area contributed by atoms with Gasteiger partial charge in [0.2, 0.25) is 5.91 Å². The maximum absolute atomic E-state index is 10.9. The van der Waals surface area contributed by atoms with E-state index in [9.17, 15) is 4.79 Å².